The molecule has 7 rings (SSSR count). The number of carbonyl (C=O) groups is 1. The Kier molecular flexibility index (Phi) is 7.54. The summed E-state index contributed by atoms with van der Waals surface area (Å²) in [5.74, 6) is -10.4. The van der Waals surface area contributed by atoms with Gasteiger partial charge in [0.15, 0.2) is 34.8 Å². The fourth-order valence-electron chi connectivity index (χ4n) is 4.56. The number of aliphatic imine (C=N–C) groups is 1. The average Bonchev–Trinajstić information content (AvgIpc) is 3.44. The van der Waals surface area contributed by atoms with Gasteiger partial charge in [-0.1, -0.05) is 0 Å². The predicted molar refractivity (Wildman–Crippen MR) is 147 cm³/mol. The van der Waals surface area contributed by atoms with Gasteiger partial charge in [0.1, 0.15) is 17.3 Å². The number of hydrogen-bond acceptors (Lipinski definition) is 11. The first-order chi connectivity index (χ1) is 21.5. The van der Waals surface area contributed by atoms with E-state index in [-0.39, 0.29) is 21.8 Å². The molecule has 16 heteroatoms. The normalized spacial score (nSPS) is 15.8. The van der Waals surface area contributed by atoms with Gasteiger partial charge in [0.05, 0.1) is 52.5 Å². The van der Waals surface area contributed by atoms with Gasteiger partial charge in [-0.25, -0.2) is 31.7 Å². The van der Waals surface area contributed by atoms with E-state index in [0.29, 0.717) is 25.1 Å². The van der Waals surface area contributed by atoms with Crippen molar-refractivity contribution in [3.63, 3.8) is 0 Å². The Balaban J connectivity index is 1.54. The average molecular weight is 640 g/mol. The van der Waals surface area contributed by atoms with Crippen molar-refractivity contribution in [1.29, 1.82) is 5.26 Å². The molecule has 4 aromatic rings. The number of ether oxygens (including phenoxy) is 2. The van der Waals surface area contributed by atoms with E-state index in [0.717, 1.165) is 12.1 Å². The van der Waals surface area contributed by atoms with Crippen molar-refractivity contribution < 1.29 is 45.3 Å². The summed E-state index contributed by atoms with van der Waals surface area (Å²) in [7, 11) is 1.69. The van der Waals surface area contributed by atoms with Crippen LogP contribution in [0.3, 0.4) is 0 Å². The second kappa shape index (κ2) is 11.5. The van der Waals surface area contributed by atoms with Gasteiger partial charge in [-0.15, -0.1) is 0 Å². The lowest BCUT2D eigenvalue weighted by Gasteiger charge is -2.20. The quantitative estimate of drug-likeness (QED) is 0.312. The SMILES string of the molecule is CN1CCN=C1c1cc2ccc1Oc1c(F)c(nc(-c3c(F)cnc(Oc4cc(C#N)ccc4O)c3F)c1F)CC(=O)OS2=O. The Labute approximate surface area is 253 Å². The second-order valence-electron chi connectivity index (χ2n) is 9.61. The van der Waals surface area contributed by atoms with Crippen molar-refractivity contribution >= 4 is 22.9 Å². The highest BCUT2D eigenvalue weighted by atomic mass is 32.2. The van der Waals surface area contributed by atoms with E-state index >= 15 is 17.6 Å². The third kappa shape index (κ3) is 5.38. The number of halogens is 4. The number of fused-ring (bicyclic) bond motifs is 5. The number of rotatable bonds is 4. The molecule has 3 aliphatic rings. The van der Waals surface area contributed by atoms with Crippen LogP contribution in [-0.2, 0) is 26.5 Å². The van der Waals surface area contributed by atoms with Gasteiger partial charge in [0.25, 0.3) is 5.88 Å². The smallest absolute Gasteiger partial charge is 0.326 e. The highest BCUT2D eigenvalue weighted by Gasteiger charge is 2.32. The van der Waals surface area contributed by atoms with Gasteiger partial charge in [-0.05, 0) is 30.3 Å². The maximum atomic E-state index is 16.1. The molecule has 2 aromatic carbocycles. The molecule has 0 amide bonds. The first-order valence-electron chi connectivity index (χ1n) is 12.9. The number of nitriles is 1. The third-order valence-corrected chi connectivity index (χ3v) is 7.69. The minimum atomic E-state index is -2.37. The van der Waals surface area contributed by atoms with E-state index in [4.69, 9.17) is 18.9 Å². The summed E-state index contributed by atoms with van der Waals surface area (Å²) in [6.45, 7) is 0.871. The Morgan fingerprint density at radius 1 is 1.11 bits per heavy atom. The number of phenolic OH excluding ortho intramolecular Hbond substituents is 1. The number of nitrogens with zero attached hydrogens (tertiary/aromatic N) is 5. The number of likely N-dealkylation sites (N-methyl/N-ethyl adjacent to an activating group) is 1. The summed E-state index contributed by atoms with van der Waals surface area (Å²) in [5, 5.41) is 19.2. The van der Waals surface area contributed by atoms with Crippen LogP contribution in [0.4, 0.5) is 17.6 Å². The van der Waals surface area contributed by atoms with Crippen LogP contribution in [0.5, 0.6) is 28.9 Å². The topological polar surface area (TPSA) is 147 Å². The van der Waals surface area contributed by atoms with Crippen LogP contribution in [0.15, 0.2) is 52.5 Å². The fraction of sp³-hybridized carbons (Fsp3) is 0.138. The predicted octanol–water partition coefficient (Wildman–Crippen LogP) is 4.68. The summed E-state index contributed by atoms with van der Waals surface area (Å²) in [6.07, 6.45) is -0.559. The van der Waals surface area contributed by atoms with Crippen molar-refractivity contribution in [3.05, 3.63) is 82.7 Å². The number of phenols is 1. The van der Waals surface area contributed by atoms with Gasteiger partial charge in [-0.3, -0.25) is 9.79 Å². The van der Waals surface area contributed by atoms with Crippen LogP contribution < -0.4 is 9.47 Å². The van der Waals surface area contributed by atoms with Crippen LogP contribution in [0.1, 0.15) is 16.8 Å². The van der Waals surface area contributed by atoms with Crippen LogP contribution in [-0.4, -0.2) is 56.1 Å². The van der Waals surface area contributed by atoms with Crippen molar-refractivity contribution in [3.8, 4) is 46.2 Å². The number of carbonyl (C=O) groups excluding carboxylic acids is 1. The molecular formula is C29H17F4N5O6S. The van der Waals surface area contributed by atoms with Crippen molar-refractivity contribution in [2.45, 2.75) is 11.3 Å². The minimum absolute atomic E-state index is 0.0198. The molecular weight excluding hydrogens is 622 g/mol. The first kappa shape index (κ1) is 29.5. The number of pyridine rings is 2. The number of aromatic hydroxyl groups is 1. The van der Waals surface area contributed by atoms with E-state index in [1.54, 1.807) is 18.0 Å². The molecule has 1 atom stereocenters. The van der Waals surface area contributed by atoms with Gasteiger partial charge in [0, 0.05) is 19.7 Å². The summed E-state index contributed by atoms with van der Waals surface area (Å²) in [6, 6.07) is 8.98. The van der Waals surface area contributed by atoms with Crippen molar-refractivity contribution in [1.82, 2.24) is 14.9 Å². The standard InChI is InChI=1S/C29H17F4N5O6S/c1-38-7-6-35-28(38)15-9-14-3-5-19(15)42-27-23(31)17(10-21(40)44-45(14)41)37-26(25(27)33)22-16(30)12-36-29(24(22)32)43-20-8-13(11-34)2-4-18(20)39/h2-5,8-9,12,39H,6-7,10H2,1H3. The molecule has 0 fully saturated rings. The molecule has 0 spiro atoms. The summed E-state index contributed by atoms with van der Waals surface area (Å²) in [4.78, 5) is 26.0. The van der Waals surface area contributed by atoms with Crippen molar-refractivity contribution in [2.75, 3.05) is 20.1 Å². The molecule has 0 radical (unpaired) electrons. The molecule has 2 aromatic heterocycles. The maximum Gasteiger partial charge on any atom is 0.326 e. The van der Waals surface area contributed by atoms with E-state index in [1.807, 2.05) is 0 Å². The van der Waals surface area contributed by atoms with E-state index in [1.165, 1.54) is 24.3 Å². The van der Waals surface area contributed by atoms with E-state index in [2.05, 4.69) is 15.0 Å². The zero-order valence-electron chi connectivity index (χ0n) is 22.8. The number of benzene rings is 2. The van der Waals surface area contributed by atoms with Crippen LogP contribution in [0, 0.1) is 34.6 Å². The maximum absolute atomic E-state index is 16.1. The second-order valence-corrected chi connectivity index (χ2v) is 10.7. The summed E-state index contributed by atoms with van der Waals surface area (Å²) in [5.41, 5.74) is -2.98. The van der Waals surface area contributed by atoms with E-state index < -0.39 is 86.8 Å². The Morgan fingerprint density at radius 2 is 1.91 bits per heavy atom. The first-order valence-corrected chi connectivity index (χ1v) is 14.0. The third-order valence-electron chi connectivity index (χ3n) is 6.72. The molecule has 5 heterocycles. The van der Waals surface area contributed by atoms with Gasteiger partial charge < -0.3 is 23.7 Å². The zero-order valence-corrected chi connectivity index (χ0v) is 23.6. The lowest BCUT2D eigenvalue weighted by molar-refractivity contribution is -0.132. The monoisotopic (exact) mass is 639 g/mol. The lowest BCUT2D eigenvalue weighted by atomic mass is 10.1. The van der Waals surface area contributed by atoms with Gasteiger partial charge >= 0.3 is 5.97 Å². The molecule has 11 nitrogen and oxygen atoms in total. The molecule has 1 unspecified atom stereocenters. The molecule has 3 aliphatic heterocycles. The van der Waals surface area contributed by atoms with Gasteiger partial charge in [0.2, 0.25) is 16.8 Å². The molecule has 228 valence electrons. The molecule has 45 heavy (non-hydrogen) atoms. The molecule has 0 aliphatic carbocycles. The Morgan fingerprint density at radius 3 is 2.64 bits per heavy atom. The molecule has 0 saturated carbocycles. The summed E-state index contributed by atoms with van der Waals surface area (Å²) < 4.78 is 91.6. The lowest BCUT2D eigenvalue weighted by Crippen LogP contribution is -2.24. The zero-order chi connectivity index (χ0) is 32.0. The van der Waals surface area contributed by atoms with Crippen molar-refractivity contribution in [2.24, 2.45) is 4.99 Å². The van der Waals surface area contributed by atoms with Crippen LogP contribution >= 0.6 is 0 Å². The summed E-state index contributed by atoms with van der Waals surface area (Å²) >= 11 is -2.37. The molecule has 4 bridgehead atoms. The Hall–Kier alpha value is -5.56. The molecule has 0 saturated heterocycles. The number of hydrogen-bond donors (Lipinski definition) is 1. The minimum Gasteiger partial charge on any atom is -0.504 e. The van der Waals surface area contributed by atoms with Gasteiger partial charge in [-0.2, -0.15) is 5.26 Å². The fourth-order valence-corrected chi connectivity index (χ4v) is 5.27. The highest BCUT2D eigenvalue weighted by molar-refractivity contribution is 7.80. The van der Waals surface area contributed by atoms with Crippen LogP contribution in [0.2, 0.25) is 0 Å². The number of amidine groups is 1. The molecule has 1 N–H and O–H groups in total. The van der Waals surface area contributed by atoms with E-state index in [9.17, 15) is 14.1 Å². The van der Waals surface area contributed by atoms with Crippen LogP contribution in [0.25, 0.3) is 11.3 Å². The largest absolute Gasteiger partial charge is 0.504 e. The highest BCUT2D eigenvalue weighted by Crippen LogP contribution is 2.41. The number of aromatic nitrogens is 2. The Bertz CT molecular complexity index is 2020.